The van der Waals surface area contributed by atoms with Crippen molar-refractivity contribution in [2.75, 3.05) is 0 Å². The molecule has 5 aliphatic rings. The predicted molar refractivity (Wildman–Crippen MR) is 102 cm³/mol. The summed E-state index contributed by atoms with van der Waals surface area (Å²) in [4.78, 5) is 11.8. The van der Waals surface area contributed by atoms with E-state index in [-0.39, 0.29) is 0 Å². The van der Waals surface area contributed by atoms with E-state index in [0.717, 1.165) is 37.0 Å². The topological polar surface area (TPSA) is 17.1 Å². The Hall–Kier alpha value is -1.11. The SMILES string of the molecule is C[C@]12C=CC3=C4CCC(=O)C=C4CCC3[C@@H]1CC[C@]2(C)C1CCCC1. The Morgan fingerprint density at radius 2 is 1.80 bits per heavy atom. The van der Waals surface area contributed by atoms with Crippen molar-refractivity contribution in [2.24, 2.45) is 28.6 Å². The van der Waals surface area contributed by atoms with Crippen LogP contribution in [-0.4, -0.2) is 5.78 Å². The number of hydrogen-bond donors (Lipinski definition) is 0. The van der Waals surface area contributed by atoms with Crippen molar-refractivity contribution in [2.45, 2.75) is 78.1 Å². The summed E-state index contributed by atoms with van der Waals surface area (Å²) in [6.07, 6.45) is 19.9. The van der Waals surface area contributed by atoms with Crippen LogP contribution in [0.4, 0.5) is 0 Å². The molecule has 0 bridgehead atoms. The van der Waals surface area contributed by atoms with Gasteiger partial charge in [-0.05, 0) is 96.3 Å². The van der Waals surface area contributed by atoms with E-state index in [1.165, 1.54) is 50.5 Å². The lowest BCUT2D eigenvalue weighted by Crippen LogP contribution is -2.44. The van der Waals surface area contributed by atoms with Crippen LogP contribution in [0.3, 0.4) is 0 Å². The summed E-state index contributed by atoms with van der Waals surface area (Å²) >= 11 is 0. The van der Waals surface area contributed by atoms with Crippen molar-refractivity contribution < 1.29 is 4.79 Å². The van der Waals surface area contributed by atoms with Gasteiger partial charge in [0.1, 0.15) is 0 Å². The Kier molecular flexibility index (Phi) is 3.50. The number of hydrogen-bond acceptors (Lipinski definition) is 1. The highest BCUT2D eigenvalue weighted by Crippen LogP contribution is 2.68. The summed E-state index contributed by atoms with van der Waals surface area (Å²) in [5.41, 5.74) is 5.40. The monoisotopic (exact) mass is 336 g/mol. The molecule has 4 atom stereocenters. The molecule has 0 aromatic rings. The van der Waals surface area contributed by atoms with Gasteiger partial charge < -0.3 is 0 Å². The maximum Gasteiger partial charge on any atom is 0.156 e. The lowest BCUT2D eigenvalue weighted by atomic mass is 9.52. The Balaban J connectivity index is 1.57. The number of ketones is 1. The third-order valence-corrected chi connectivity index (χ3v) is 9.14. The number of rotatable bonds is 1. The summed E-state index contributed by atoms with van der Waals surface area (Å²) in [6.45, 7) is 5.22. The Bertz CT molecular complexity index is 702. The molecule has 0 spiro atoms. The average molecular weight is 337 g/mol. The zero-order chi connectivity index (χ0) is 17.2. The molecule has 25 heavy (non-hydrogen) atoms. The van der Waals surface area contributed by atoms with Crippen LogP contribution < -0.4 is 0 Å². The van der Waals surface area contributed by atoms with Gasteiger partial charge in [0.05, 0.1) is 0 Å². The molecule has 1 heteroatoms. The molecule has 2 fully saturated rings. The van der Waals surface area contributed by atoms with E-state index in [4.69, 9.17) is 0 Å². The third-order valence-electron chi connectivity index (χ3n) is 9.14. The molecule has 0 aliphatic heterocycles. The summed E-state index contributed by atoms with van der Waals surface area (Å²) in [6, 6.07) is 0. The molecule has 0 amide bonds. The van der Waals surface area contributed by atoms with E-state index < -0.39 is 0 Å². The van der Waals surface area contributed by atoms with Crippen molar-refractivity contribution in [1.29, 1.82) is 0 Å². The number of allylic oxidation sites excluding steroid dienone is 6. The minimum absolute atomic E-state index is 0.345. The van der Waals surface area contributed by atoms with Gasteiger partial charge >= 0.3 is 0 Å². The van der Waals surface area contributed by atoms with Crippen LogP contribution in [-0.2, 0) is 4.79 Å². The Morgan fingerprint density at radius 3 is 2.60 bits per heavy atom. The molecule has 0 heterocycles. The molecule has 1 nitrogen and oxygen atoms in total. The second-order valence-electron chi connectivity index (χ2n) is 9.87. The number of carbonyl (C=O) groups excluding carboxylic acids is 1. The first-order chi connectivity index (χ1) is 12.0. The van der Waals surface area contributed by atoms with Crippen LogP contribution in [0.2, 0.25) is 0 Å². The highest BCUT2D eigenvalue weighted by molar-refractivity contribution is 5.93. The highest BCUT2D eigenvalue weighted by atomic mass is 16.1. The van der Waals surface area contributed by atoms with E-state index in [2.05, 4.69) is 26.0 Å². The first-order valence-electron chi connectivity index (χ1n) is 10.7. The van der Waals surface area contributed by atoms with Gasteiger partial charge in [-0.25, -0.2) is 0 Å². The summed E-state index contributed by atoms with van der Waals surface area (Å²) in [5.74, 6) is 2.85. The number of carbonyl (C=O) groups is 1. The molecule has 134 valence electrons. The standard InChI is InChI=1S/C24H32O/c1-23(17-5-3-4-6-17)14-12-22-21-9-7-16-15-18(25)8-10-19(16)20(21)11-13-24(22,23)2/h11,13,15,17,21-22H,3-10,12,14H2,1-2H3/t21?,22-,23+,24-/m0/s1. The second-order valence-corrected chi connectivity index (χ2v) is 9.87. The Morgan fingerprint density at radius 1 is 1.00 bits per heavy atom. The summed E-state index contributed by atoms with van der Waals surface area (Å²) in [7, 11) is 0. The normalized spacial score (nSPS) is 43.8. The van der Waals surface area contributed by atoms with Crippen LogP contribution in [0.25, 0.3) is 0 Å². The quantitative estimate of drug-likeness (QED) is 0.560. The summed E-state index contributed by atoms with van der Waals surface area (Å²) < 4.78 is 0. The van der Waals surface area contributed by atoms with Crippen molar-refractivity contribution in [3.8, 4) is 0 Å². The van der Waals surface area contributed by atoms with E-state index in [0.29, 0.717) is 16.6 Å². The first kappa shape index (κ1) is 16.1. The minimum atomic E-state index is 0.345. The fourth-order valence-corrected chi connectivity index (χ4v) is 7.50. The zero-order valence-corrected chi connectivity index (χ0v) is 15.9. The second kappa shape index (κ2) is 5.44. The van der Waals surface area contributed by atoms with Gasteiger partial charge in [-0.15, -0.1) is 0 Å². The fourth-order valence-electron chi connectivity index (χ4n) is 7.50. The van der Waals surface area contributed by atoms with Crippen LogP contribution in [0.1, 0.15) is 78.1 Å². The third kappa shape index (κ3) is 2.10. The van der Waals surface area contributed by atoms with Gasteiger partial charge in [0.15, 0.2) is 5.78 Å². The van der Waals surface area contributed by atoms with Crippen LogP contribution in [0, 0.1) is 28.6 Å². The highest BCUT2D eigenvalue weighted by Gasteiger charge is 2.59. The molecule has 5 aliphatic carbocycles. The molecule has 0 aromatic carbocycles. The van der Waals surface area contributed by atoms with Crippen molar-refractivity contribution in [3.63, 3.8) is 0 Å². The summed E-state index contributed by atoms with van der Waals surface area (Å²) in [5, 5.41) is 0. The predicted octanol–water partition coefficient (Wildman–Crippen LogP) is 6.16. The van der Waals surface area contributed by atoms with Gasteiger partial charge in [-0.2, -0.15) is 0 Å². The fraction of sp³-hybridized carbons (Fsp3) is 0.708. The minimum Gasteiger partial charge on any atom is -0.295 e. The van der Waals surface area contributed by atoms with Crippen molar-refractivity contribution in [3.05, 3.63) is 34.9 Å². The van der Waals surface area contributed by atoms with Gasteiger partial charge in [0.25, 0.3) is 0 Å². The van der Waals surface area contributed by atoms with E-state index in [1.807, 2.05) is 6.08 Å². The molecule has 0 saturated heterocycles. The maximum absolute atomic E-state index is 11.8. The van der Waals surface area contributed by atoms with Gasteiger partial charge in [0.2, 0.25) is 0 Å². The largest absolute Gasteiger partial charge is 0.295 e. The van der Waals surface area contributed by atoms with Crippen LogP contribution in [0.15, 0.2) is 34.9 Å². The van der Waals surface area contributed by atoms with E-state index >= 15 is 0 Å². The molecule has 0 aromatic heterocycles. The smallest absolute Gasteiger partial charge is 0.156 e. The average Bonchev–Trinajstić information content (AvgIpc) is 3.22. The molecular weight excluding hydrogens is 304 g/mol. The van der Waals surface area contributed by atoms with Gasteiger partial charge in [-0.1, -0.05) is 38.8 Å². The zero-order valence-electron chi connectivity index (χ0n) is 15.9. The lowest BCUT2D eigenvalue weighted by Gasteiger charge is -2.52. The maximum atomic E-state index is 11.8. The van der Waals surface area contributed by atoms with Crippen molar-refractivity contribution >= 4 is 5.78 Å². The van der Waals surface area contributed by atoms with Crippen molar-refractivity contribution in [1.82, 2.24) is 0 Å². The molecular formula is C24H32O. The molecule has 0 N–H and O–H groups in total. The van der Waals surface area contributed by atoms with Gasteiger partial charge in [0, 0.05) is 6.42 Å². The van der Waals surface area contributed by atoms with Gasteiger partial charge in [-0.3, -0.25) is 4.79 Å². The molecule has 1 unspecified atom stereocenters. The molecule has 0 radical (unpaired) electrons. The van der Waals surface area contributed by atoms with Crippen LogP contribution in [0.5, 0.6) is 0 Å². The van der Waals surface area contributed by atoms with Crippen LogP contribution >= 0.6 is 0 Å². The van der Waals surface area contributed by atoms with E-state index in [9.17, 15) is 4.79 Å². The Labute approximate surface area is 152 Å². The molecule has 2 saturated carbocycles. The number of fused-ring (bicyclic) bond motifs is 4. The molecule has 5 rings (SSSR count). The van der Waals surface area contributed by atoms with E-state index in [1.54, 1.807) is 11.1 Å². The lowest BCUT2D eigenvalue weighted by molar-refractivity contribution is -0.114. The first-order valence-corrected chi connectivity index (χ1v) is 10.7.